The number of rotatable bonds is 5. The topological polar surface area (TPSA) is 62.4 Å². The molecule has 20 heavy (non-hydrogen) atoms. The molecule has 1 aromatic rings. The first kappa shape index (κ1) is 14.4. The van der Waals surface area contributed by atoms with Crippen LogP contribution in [-0.4, -0.2) is 32.8 Å². The lowest BCUT2D eigenvalue weighted by Gasteiger charge is -2.15. The molecule has 5 heteroatoms. The standard InChI is InChI=1S/C15H21N3O2/c1-20-14-5-3-2-4-13(14)18-15(19)17-11-8-12-6-9-16-10-7-12/h2-6,16H,7-11H2,1H3,(H2,17,18,19). The van der Waals surface area contributed by atoms with Gasteiger partial charge in [-0.3, -0.25) is 0 Å². The molecule has 3 N–H and O–H groups in total. The molecule has 5 nitrogen and oxygen atoms in total. The number of hydrogen-bond acceptors (Lipinski definition) is 3. The van der Waals surface area contributed by atoms with Crippen LogP contribution in [0.1, 0.15) is 12.8 Å². The van der Waals surface area contributed by atoms with Gasteiger partial charge in [-0.1, -0.05) is 23.8 Å². The number of carbonyl (C=O) groups excluding carboxylic acids is 1. The van der Waals surface area contributed by atoms with E-state index >= 15 is 0 Å². The Morgan fingerprint density at radius 3 is 3.00 bits per heavy atom. The van der Waals surface area contributed by atoms with Crippen LogP contribution in [0.3, 0.4) is 0 Å². The predicted molar refractivity (Wildman–Crippen MR) is 80.2 cm³/mol. The number of carbonyl (C=O) groups is 1. The van der Waals surface area contributed by atoms with E-state index < -0.39 is 0 Å². The fraction of sp³-hybridized carbons (Fsp3) is 0.400. The van der Waals surface area contributed by atoms with E-state index in [4.69, 9.17) is 4.74 Å². The molecule has 1 aliphatic heterocycles. The van der Waals surface area contributed by atoms with Gasteiger partial charge in [-0.25, -0.2) is 4.79 Å². The first-order chi connectivity index (χ1) is 9.79. The Kier molecular flexibility index (Phi) is 5.43. The fourth-order valence-electron chi connectivity index (χ4n) is 2.15. The smallest absolute Gasteiger partial charge is 0.319 e. The molecule has 0 unspecified atom stereocenters. The highest BCUT2D eigenvalue weighted by molar-refractivity contribution is 5.90. The second-order valence-corrected chi connectivity index (χ2v) is 4.65. The zero-order valence-electron chi connectivity index (χ0n) is 11.7. The van der Waals surface area contributed by atoms with Gasteiger partial charge in [0.1, 0.15) is 5.75 Å². The lowest BCUT2D eigenvalue weighted by molar-refractivity contribution is 0.252. The lowest BCUT2D eigenvalue weighted by atomic mass is 10.1. The first-order valence-electron chi connectivity index (χ1n) is 6.86. The molecule has 1 aromatic carbocycles. The van der Waals surface area contributed by atoms with Crippen molar-refractivity contribution in [3.8, 4) is 5.75 Å². The zero-order valence-corrected chi connectivity index (χ0v) is 11.7. The summed E-state index contributed by atoms with van der Waals surface area (Å²) in [6, 6.07) is 7.15. The summed E-state index contributed by atoms with van der Waals surface area (Å²) in [6.07, 6.45) is 4.17. The molecule has 2 rings (SSSR count). The number of urea groups is 1. The monoisotopic (exact) mass is 275 g/mol. The second-order valence-electron chi connectivity index (χ2n) is 4.65. The van der Waals surface area contributed by atoms with E-state index in [1.165, 1.54) is 5.57 Å². The van der Waals surface area contributed by atoms with Crippen LogP contribution in [0.2, 0.25) is 0 Å². The van der Waals surface area contributed by atoms with Gasteiger partial charge in [0.05, 0.1) is 12.8 Å². The van der Waals surface area contributed by atoms with E-state index in [-0.39, 0.29) is 6.03 Å². The zero-order chi connectivity index (χ0) is 14.2. The third kappa shape index (κ3) is 4.28. The molecule has 0 saturated heterocycles. The van der Waals surface area contributed by atoms with E-state index in [1.807, 2.05) is 24.3 Å². The number of methoxy groups -OCH3 is 1. The number of amides is 2. The Hall–Kier alpha value is -2.01. The number of ether oxygens (including phenoxy) is 1. The van der Waals surface area contributed by atoms with Gasteiger partial charge in [0, 0.05) is 13.1 Å². The maximum atomic E-state index is 11.8. The molecular weight excluding hydrogens is 254 g/mol. The van der Waals surface area contributed by atoms with Crippen molar-refractivity contribution >= 4 is 11.7 Å². The van der Waals surface area contributed by atoms with E-state index in [1.54, 1.807) is 7.11 Å². The average molecular weight is 275 g/mol. The Morgan fingerprint density at radius 2 is 2.25 bits per heavy atom. The van der Waals surface area contributed by atoms with Crippen LogP contribution in [0.15, 0.2) is 35.9 Å². The summed E-state index contributed by atoms with van der Waals surface area (Å²) in [6.45, 7) is 2.61. The summed E-state index contributed by atoms with van der Waals surface area (Å²) < 4.78 is 5.19. The minimum atomic E-state index is -0.205. The van der Waals surface area contributed by atoms with E-state index in [9.17, 15) is 4.79 Å². The van der Waals surface area contributed by atoms with E-state index in [0.29, 0.717) is 18.0 Å². The van der Waals surface area contributed by atoms with Gasteiger partial charge in [-0.15, -0.1) is 0 Å². The van der Waals surface area contributed by atoms with Gasteiger partial charge in [0.15, 0.2) is 0 Å². The SMILES string of the molecule is COc1ccccc1NC(=O)NCCC1=CCNCC1. The van der Waals surface area contributed by atoms with Crippen LogP contribution in [0, 0.1) is 0 Å². The summed E-state index contributed by atoms with van der Waals surface area (Å²) in [4.78, 5) is 11.8. The van der Waals surface area contributed by atoms with E-state index in [0.717, 1.165) is 25.9 Å². The van der Waals surface area contributed by atoms with Crippen LogP contribution in [0.5, 0.6) is 5.75 Å². The Labute approximate surface area is 119 Å². The summed E-state index contributed by atoms with van der Waals surface area (Å²) in [5.41, 5.74) is 2.08. The molecule has 0 aromatic heterocycles. The highest BCUT2D eigenvalue weighted by Crippen LogP contribution is 2.22. The molecule has 1 heterocycles. The van der Waals surface area contributed by atoms with Crippen LogP contribution in [-0.2, 0) is 0 Å². The maximum Gasteiger partial charge on any atom is 0.319 e. The summed E-state index contributed by atoms with van der Waals surface area (Å²) in [7, 11) is 1.59. The van der Waals surface area contributed by atoms with Crippen LogP contribution in [0.25, 0.3) is 0 Å². The van der Waals surface area contributed by atoms with Crippen molar-refractivity contribution in [2.75, 3.05) is 32.1 Å². The van der Waals surface area contributed by atoms with Crippen molar-refractivity contribution in [1.82, 2.24) is 10.6 Å². The first-order valence-corrected chi connectivity index (χ1v) is 6.86. The van der Waals surface area contributed by atoms with Gasteiger partial charge in [0.2, 0.25) is 0 Å². The summed E-state index contributed by atoms with van der Waals surface area (Å²) in [5.74, 6) is 0.656. The maximum absolute atomic E-state index is 11.8. The quantitative estimate of drug-likeness (QED) is 0.721. The summed E-state index contributed by atoms with van der Waals surface area (Å²) in [5, 5.41) is 8.92. The number of anilines is 1. The van der Waals surface area contributed by atoms with Crippen LogP contribution < -0.4 is 20.7 Å². The molecule has 0 saturated carbocycles. The molecule has 0 radical (unpaired) electrons. The molecule has 108 valence electrons. The van der Waals surface area contributed by atoms with Gasteiger partial charge < -0.3 is 20.7 Å². The minimum Gasteiger partial charge on any atom is -0.495 e. The Bertz CT molecular complexity index is 486. The summed E-state index contributed by atoms with van der Waals surface area (Å²) >= 11 is 0. The molecule has 0 aliphatic carbocycles. The van der Waals surface area contributed by atoms with Gasteiger partial charge in [-0.05, 0) is 31.5 Å². The van der Waals surface area contributed by atoms with Crippen molar-refractivity contribution in [2.45, 2.75) is 12.8 Å². The van der Waals surface area contributed by atoms with Crippen LogP contribution in [0.4, 0.5) is 10.5 Å². The Balaban J connectivity index is 1.76. The predicted octanol–water partition coefficient (Wildman–Crippen LogP) is 2.13. The van der Waals surface area contributed by atoms with Gasteiger partial charge in [0.25, 0.3) is 0 Å². The third-order valence-electron chi connectivity index (χ3n) is 3.24. The number of para-hydroxylation sites is 2. The average Bonchev–Trinajstić information content (AvgIpc) is 2.49. The fourth-order valence-corrected chi connectivity index (χ4v) is 2.15. The molecular formula is C15H21N3O2. The highest BCUT2D eigenvalue weighted by atomic mass is 16.5. The van der Waals surface area contributed by atoms with Crippen molar-refractivity contribution in [2.24, 2.45) is 0 Å². The molecule has 0 fully saturated rings. The minimum absolute atomic E-state index is 0.205. The molecule has 0 atom stereocenters. The lowest BCUT2D eigenvalue weighted by Crippen LogP contribution is -2.30. The number of hydrogen-bond donors (Lipinski definition) is 3. The largest absolute Gasteiger partial charge is 0.495 e. The highest BCUT2D eigenvalue weighted by Gasteiger charge is 2.07. The third-order valence-corrected chi connectivity index (χ3v) is 3.24. The number of benzene rings is 1. The van der Waals surface area contributed by atoms with Crippen molar-refractivity contribution in [3.05, 3.63) is 35.9 Å². The molecule has 2 amide bonds. The van der Waals surface area contributed by atoms with E-state index in [2.05, 4.69) is 22.0 Å². The van der Waals surface area contributed by atoms with Gasteiger partial charge >= 0.3 is 6.03 Å². The number of nitrogens with one attached hydrogen (secondary N) is 3. The van der Waals surface area contributed by atoms with Crippen LogP contribution >= 0.6 is 0 Å². The van der Waals surface area contributed by atoms with Gasteiger partial charge in [-0.2, -0.15) is 0 Å². The molecule has 0 bridgehead atoms. The molecule has 0 spiro atoms. The second kappa shape index (κ2) is 7.55. The van der Waals surface area contributed by atoms with Crippen molar-refractivity contribution in [3.63, 3.8) is 0 Å². The van der Waals surface area contributed by atoms with Crippen molar-refractivity contribution < 1.29 is 9.53 Å². The Morgan fingerprint density at radius 1 is 1.40 bits per heavy atom. The molecule has 1 aliphatic rings. The normalized spacial score (nSPS) is 14.3. The van der Waals surface area contributed by atoms with Crippen molar-refractivity contribution in [1.29, 1.82) is 0 Å².